The Balaban J connectivity index is 0.00000280. The molecule has 1 saturated heterocycles. The Kier molecular flexibility index (Phi) is 9.22. The van der Waals surface area contributed by atoms with Crippen molar-refractivity contribution < 1.29 is 14.7 Å². The molecule has 0 aromatic heterocycles. The minimum absolute atomic E-state index is 0. The first-order valence-corrected chi connectivity index (χ1v) is 10.2. The van der Waals surface area contributed by atoms with Gasteiger partial charge in [0.05, 0.1) is 12.6 Å². The first-order valence-electron chi connectivity index (χ1n) is 10.2. The second-order valence-electron chi connectivity index (χ2n) is 7.67. The van der Waals surface area contributed by atoms with Crippen molar-refractivity contribution in [3.63, 3.8) is 0 Å². The summed E-state index contributed by atoms with van der Waals surface area (Å²) in [4.78, 5) is 26.7. The summed E-state index contributed by atoms with van der Waals surface area (Å²) in [6.45, 7) is 1.43. The van der Waals surface area contributed by atoms with Crippen LogP contribution >= 0.6 is 12.4 Å². The molecule has 2 aliphatic rings. The quantitative estimate of drug-likeness (QED) is 0.643. The van der Waals surface area contributed by atoms with Crippen LogP contribution in [0.4, 0.5) is 0 Å². The number of benzene rings is 1. The molecule has 2 unspecified atom stereocenters. The zero-order valence-electron chi connectivity index (χ0n) is 16.3. The predicted octanol–water partition coefficient (Wildman–Crippen LogP) is 2.00. The lowest BCUT2D eigenvalue weighted by Gasteiger charge is -2.30. The summed E-state index contributed by atoms with van der Waals surface area (Å²) in [5, 5.41) is 16.7. The van der Waals surface area contributed by atoms with Gasteiger partial charge in [0.2, 0.25) is 5.91 Å². The lowest BCUT2D eigenvalue weighted by molar-refractivity contribution is -0.139. The molecule has 1 saturated carbocycles. The zero-order valence-corrected chi connectivity index (χ0v) is 17.1. The van der Waals surface area contributed by atoms with Crippen LogP contribution in [0, 0.1) is 0 Å². The Morgan fingerprint density at radius 2 is 1.79 bits per heavy atom. The van der Waals surface area contributed by atoms with Crippen LogP contribution in [-0.2, 0) is 16.1 Å². The number of hydrogen-bond acceptors (Lipinski definition) is 4. The summed E-state index contributed by atoms with van der Waals surface area (Å²) >= 11 is 0. The van der Waals surface area contributed by atoms with Gasteiger partial charge in [-0.15, -0.1) is 12.4 Å². The molecule has 0 radical (unpaired) electrons. The van der Waals surface area contributed by atoms with E-state index in [0.29, 0.717) is 19.5 Å². The summed E-state index contributed by atoms with van der Waals surface area (Å²) in [6.07, 6.45) is 5.78. The molecule has 28 heavy (non-hydrogen) atoms. The summed E-state index contributed by atoms with van der Waals surface area (Å²) in [5.74, 6) is -0.387. The third-order valence-electron chi connectivity index (χ3n) is 5.65. The van der Waals surface area contributed by atoms with Crippen molar-refractivity contribution in [2.45, 2.75) is 69.7 Å². The van der Waals surface area contributed by atoms with Crippen molar-refractivity contribution in [1.29, 1.82) is 0 Å². The first kappa shape index (κ1) is 22.7. The second-order valence-corrected chi connectivity index (χ2v) is 7.67. The molecule has 1 heterocycles. The Bertz CT molecular complexity index is 623. The van der Waals surface area contributed by atoms with Gasteiger partial charge < -0.3 is 20.6 Å². The van der Waals surface area contributed by atoms with Crippen LogP contribution in [0.15, 0.2) is 30.3 Å². The van der Waals surface area contributed by atoms with E-state index < -0.39 is 12.1 Å². The highest BCUT2D eigenvalue weighted by atomic mass is 35.5. The minimum Gasteiger partial charge on any atom is -0.381 e. The van der Waals surface area contributed by atoms with Crippen molar-refractivity contribution in [3.8, 4) is 0 Å². The molecule has 6 nitrogen and oxygen atoms in total. The van der Waals surface area contributed by atoms with E-state index in [9.17, 15) is 14.7 Å². The molecule has 1 aromatic rings. The van der Waals surface area contributed by atoms with Gasteiger partial charge in [-0.05, 0) is 31.2 Å². The zero-order chi connectivity index (χ0) is 19.1. The van der Waals surface area contributed by atoms with Crippen molar-refractivity contribution in [3.05, 3.63) is 35.9 Å². The number of aliphatic hydroxyl groups is 1. The van der Waals surface area contributed by atoms with Crippen LogP contribution < -0.4 is 10.6 Å². The standard InChI is InChI=1S/C21H31N3O3.ClH/c25-19(15-22-14-16-8-3-1-4-9-16)24-13-7-12-18(24)20(26)21(27)23-17-10-5-2-6-11-17;/h1,3-4,8-9,17-18,20,22,26H,2,5-7,10-15H2,(H,23,27);1H. The van der Waals surface area contributed by atoms with Gasteiger partial charge in [0.1, 0.15) is 0 Å². The summed E-state index contributed by atoms with van der Waals surface area (Å²) in [5.41, 5.74) is 1.12. The minimum atomic E-state index is -1.15. The molecule has 2 fully saturated rings. The number of nitrogens with one attached hydrogen (secondary N) is 2. The molecule has 2 atom stereocenters. The van der Waals surface area contributed by atoms with E-state index in [1.54, 1.807) is 4.90 Å². The number of aliphatic hydroxyl groups excluding tert-OH is 1. The highest BCUT2D eigenvalue weighted by molar-refractivity contribution is 5.85. The van der Waals surface area contributed by atoms with Crippen LogP contribution in [-0.4, -0.2) is 53.1 Å². The van der Waals surface area contributed by atoms with Gasteiger partial charge in [-0.3, -0.25) is 9.59 Å². The third kappa shape index (κ3) is 6.19. The topological polar surface area (TPSA) is 81.7 Å². The van der Waals surface area contributed by atoms with E-state index in [2.05, 4.69) is 10.6 Å². The second kappa shape index (κ2) is 11.4. The summed E-state index contributed by atoms with van der Waals surface area (Å²) in [7, 11) is 0. The Hall–Kier alpha value is -1.63. The maximum absolute atomic E-state index is 12.6. The summed E-state index contributed by atoms with van der Waals surface area (Å²) in [6, 6.07) is 9.67. The van der Waals surface area contributed by atoms with E-state index in [0.717, 1.165) is 37.7 Å². The number of amides is 2. The molecule has 1 aliphatic carbocycles. The average Bonchev–Trinajstić information content (AvgIpc) is 3.19. The van der Waals surface area contributed by atoms with Gasteiger partial charge in [0.25, 0.3) is 5.91 Å². The van der Waals surface area contributed by atoms with Gasteiger partial charge in [0.15, 0.2) is 6.10 Å². The van der Waals surface area contributed by atoms with Gasteiger partial charge in [-0.1, -0.05) is 49.6 Å². The van der Waals surface area contributed by atoms with E-state index in [1.807, 2.05) is 30.3 Å². The molecular formula is C21H32ClN3O3. The molecule has 7 heteroatoms. The lowest BCUT2D eigenvalue weighted by atomic mass is 9.95. The van der Waals surface area contributed by atoms with E-state index in [1.165, 1.54) is 6.42 Å². The van der Waals surface area contributed by atoms with Gasteiger partial charge in [-0.25, -0.2) is 0 Å². The number of rotatable bonds is 7. The normalized spacial score (nSPS) is 21.0. The molecule has 1 aliphatic heterocycles. The largest absolute Gasteiger partial charge is 0.381 e. The van der Waals surface area contributed by atoms with E-state index in [-0.39, 0.29) is 36.8 Å². The third-order valence-corrected chi connectivity index (χ3v) is 5.65. The number of carbonyl (C=O) groups is 2. The number of nitrogens with zero attached hydrogens (tertiary/aromatic N) is 1. The Morgan fingerprint density at radius 3 is 2.50 bits per heavy atom. The molecule has 1 aromatic carbocycles. The van der Waals surface area contributed by atoms with Crippen LogP contribution in [0.2, 0.25) is 0 Å². The number of hydrogen-bond donors (Lipinski definition) is 3. The number of halogens is 1. The Labute approximate surface area is 173 Å². The van der Waals surface area contributed by atoms with Crippen molar-refractivity contribution >= 4 is 24.2 Å². The Morgan fingerprint density at radius 1 is 1.07 bits per heavy atom. The maximum Gasteiger partial charge on any atom is 0.251 e. The monoisotopic (exact) mass is 409 g/mol. The predicted molar refractivity (Wildman–Crippen MR) is 111 cm³/mol. The van der Waals surface area contributed by atoms with E-state index >= 15 is 0 Å². The molecule has 0 bridgehead atoms. The van der Waals surface area contributed by atoms with Gasteiger partial charge >= 0.3 is 0 Å². The van der Waals surface area contributed by atoms with Crippen molar-refractivity contribution in [1.82, 2.24) is 15.5 Å². The number of carbonyl (C=O) groups excluding carboxylic acids is 2. The molecule has 0 spiro atoms. The average molecular weight is 410 g/mol. The van der Waals surface area contributed by atoms with Crippen LogP contribution in [0.25, 0.3) is 0 Å². The van der Waals surface area contributed by atoms with Crippen LogP contribution in [0.1, 0.15) is 50.5 Å². The van der Waals surface area contributed by atoms with Crippen LogP contribution in [0.5, 0.6) is 0 Å². The highest BCUT2D eigenvalue weighted by Gasteiger charge is 2.37. The molecule has 2 amide bonds. The molecule has 3 N–H and O–H groups in total. The van der Waals surface area contributed by atoms with Crippen molar-refractivity contribution in [2.75, 3.05) is 13.1 Å². The van der Waals surface area contributed by atoms with Gasteiger partial charge in [-0.2, -0.15) is 0 Å². The molecule has 3 rings (SSSR count). The first-order chi connectivity index (χ1) is 13.1. The fourth-order valence-electron chi connectivity index (χ4n) is 4.15. The molecular weight excluding hydrogens is 378 g/mol. The smallest absolute Gasteiger partial charge is 0.251 e. The fourth-order valence-corrected chi connectivity index (χ4v) is 4.15. The van der Waals surface area contributed by atoms with E-state index in [4.69, 9.17) is 0 Å². The SMILES string of the molecule is Cl.O=C(NC1CCCCC1)C(O)C1CCCN1C(=O)CNCc1ccccc1. The lowest BCUT2D eigenvalue weighted by Crippen LogP contribution is -2.53. The van der Waals surface area contributed by atoms with Crippen molar-refractivity contribution in [2.24, 2.45) is 0 Å². The fraction of sp³-hybridized carbons (Fsp3) is 0.619. The maximum atomic E-state index is 12.6. The summed E-state index contributed by atoms with van der Waals surface area (Å²) < 4.78 is 0. The van der Waals surface area contributed by atoms with Crippen LogP contribution in [0.3, 0.4) is 0 Å². The van der Waals surface area contributed by atoms with Gasteiger partial charge in [0, 0.05) is 19.1 Å². The highest BCUT2D eigenvalue weighted by Crippen LogP contribution is 2.22. The molecule has 156 valence electrons. The number of likely N-dealkylation sites (tertiary alicyclic amines) is 1.